The number of rotatable bonds is 6. The molecule has 4 nitrogen and oxygen atoms in total. The molecule has 1 N–H and O–H groups in total. The van der Waals surface area contributed by atoms with E-state index in [9.17, 15) is 4.79 Å². The molecule has 0 aliphatic heterocycles. The molecule has 0 atom stereocenters. The van der Waals surface area contributed by atoms with Gasteiger partial charge in [-0.15, -0.1) is 0 Å². The third-order valence-corrected chi connectivity index (χ3v) is 4.41. The Morgan fingerprint density at radius 1 is 1.00 bits per heavy atom. The quantitative estimate of drug-likeness (QED) is 0.611. The fraction of sp³-hybridized carbons (Fsp3) is 0.364. The number of hydrogen-bond donors (Lipinski definition) is 1. The highest BCUT2D eigenvalue weighted by Gasteiger charge is 2.14. The molecule has 0 radical (unpaired) electrons. The first-order chi connectivity index (χ1) is 12.3. The Morgan fingerprint density at radius 3 is 2.08 bits per heavy atom. The van der Waals surface area contributed by atoms with E-state index in [1.807, 2.05) is 36.4 Å². The first-order valence-corrected chi connectivity index (χ1v) is 9.14. The van der Waals surface area contributed by atoms with Crippen LogP contribution in [0.15, 0.2) is 53.6 Å². The van der Waals surface area contributed by atoms with Gasteiger partial charge in [0.05, 0.1) is 6.21 Å². The number of anilines is 1. The third-order valence-electron chi connectivity index (χ3n) is 4.41. The first-order valence-electron chi connectivity index (χ1n) is 9.14. The first kappa shape index (κ1) is 19.7. The van der Waals surface area contributed by atoms with Gasteiger partial charge in [-0.1, -0.05) is 45.0 Å². The summed E-state index contributed by atoms with van der Waals surface area (Å²) in [5, 5.41) is 4.07. The van der Waals surface area contributed by atoms with E-state index in [0.29, 0.717) is 5.56 Å². The van der Waals surface area contributed by atoms with E-state index in [2.05, 4.69) is 62.2 Å². The average molecular weight is 351 g/mol. The standard InChI is InChI=1S/C22H29N3O/c1-6-25(7-2)20-14-8-17(9-15-20)16-23-24-21(26)18-10-12-19(13-11-18)22(3,4)5/h8-16H,6-7H2,1-5H3,(H,24,26)/b23-16+. The smallest absolute Gasteiger partial charge is 0.271 e. The minimum absolute atomic E-state index is 0.0739. The lowest BCUT2D eigenvalue weighted by Gasteiger charge is -2.20. The summed E-state index contributed by atoms with van der Waals surface area (Å²) >= 11 is 0. The monoisotopic (exact) mass is 351 g/mol. The molecule has 2 aromatic rings. The Labute approximate surface area is 156 Å². The third kappa shape index (κ3) is 5.19. The zero-order valence-electron chi connectivity index (χ0n) is 16.4. The molecular weight excluding hydrogens is 322 g/mol. The van der Waals surface area contributed by atoms with Gasteiger partial charge in [-0.05, 0) is 54.7 Å². The summed E-state index contributed by atoms with van der Waals surface area (Å²) in [6, 6.07) is 15.8. The SMILES string of the molecule is CCN(CC)c1ccc(/C=N/NC(=O)c2ccc(C(C)(C)C)cc2)cc1. The van der Waals surface area contributed by atoms with E-state index >= 15 is 0 Å². The Morgan fingerprint density at radius 2 is 1.58 bits per heavy atom. The highest BCUT2D eigenvalue weighted by Crippen LogP contribution is 2.22. The van der Waals surface area contributed by atoms with Gasteiger partial charge in [0.2, 0.25) is 0 Å². The number of benzene rings is 2. The van der Waals surface area contributed by atoms with Crippen molar-refractivity contribution in [3.05, 3.63) is 65.2 Å². The topological polar surface area (TPSA) is 44.7 Å². The number of nitrogens with zero attached hydrogens (tertiary/aromatic N) is 2. The van der Waals surface area contributed by atoms with Gasteiger partial charge >= 0.3 is 0 Å². The normalized spacial score (nSPS) is 11.6. The van der Waals surface area contributed by atoms with Crippen LogP contribution in [0.2, 0.25) is 0 Å². The van der Waals surface area contributed by atoms with Crippen LogP contribution in [0.1, 0.15) is 56.1 Å². The lowest BCUT2D eigenvalue weighted by Crippen LogP contribution is -2.21. The summed E-state index contributed by atoms with van der Waals surface area (Å²) in [5.41, 5.74) is 6.60. The van der Waals surface area contributed by atoms with Crippen LogP contribution < -0.4 is 10.3 Å². The van der Waals surface area contributed by atoms with Gasteiger partial charge in [-0.3, -0.25) is 4.79 Å². The molecule has 2 rings (SSSR count). The van der Waals surface area contributed by atoms with E-state index in [1.165, 1.54) is 11.3 Å². The summed E-state index contributed by atoms with van der Waals surface area (Å²) in [5.74, 6) is -0.207. The van der Waals surface area contributed by atoms with Crippen molar-refractivity contribution in [1.29, 1.82) is 0 Å². The molecule has 0 aliphatic carbocycles. The zero-order chi connectivity index (χ0) is 19.2. The maximum atomic E-state index is 12.2. The maximum absolute atomic E-state index is 12.2. The Balaban J connectivity index is 1.96. The number of nitrogens with one attached hydrogen (secondary N) is 1. The van der Waals surface area contributed by atoms with Crippen molar-refractivity contribution < 1.29 is 4.79 Å². The average Bonchev–Trinajstić information content (AvgIpc) is 2.63. The van der Waals surface area contributed by atoms with Crippen LogP contribution in [0, 0.1) is 0 Å². The largest absolute Gasteiger partial charge is 0.372 e. The summed E-state index contributed by atoms with van der Waals surface area (Å²) in [6.45, 7) is 12.7. The maximum Gasteiger partial charge on any atom is 0.271 e. The van der Waals surface area contributed by atoms with E-state index in [-0.39, 0.29) is 11.3 Å². The van der Waals surface area contributed by atoms with Crippen molar-refractivity contribution in [1.82, 2.24) is 5.43 Å². The van der Waals surface area contributed by atoms with Gasteiger partial charge in [0.1, 0.15) is 0 Å². The fourth-order valence-electron chi connectivity index (χ4n) is 2.71. The number of carbonyl (C=O) groups is 1. The van der Waals surface area contributed by atoms with Crippen molar-refractivity contribution >= 4 is 17.8 Å². The number of carbonyl (C=O) groups excluding carboxylic acids is 1. The second-order valence-corrected chi connectivity index (χ2v) is 7.29. The summed E-state index contributed by atoms with van der Waals surface area (Å²) < 4.78 is 0. The van der Waals surface area contributed by atoms with Gasteiger partial charge in [0.15, 0.2) is 0 Å². The van der Waals surface area contributed by atoms with Gasteiger partial charge in [-0.2, -0.15) is 5.10 Å². The zero-order valence-corrected chi connectivity index (χ0v) is 16.4. The molecule has 0 bridgehead atoms. The summed E-state index contributed by atoms with van der Waals surface area (Å²) in [7, 11) is 0. The van der Waals surface area contributed by atoms with Crippen LogP contribution in [0.5, 0.6) is 0 Å². The molecule has 26 heavy (non-hydrogen) atoms. The Hall–Kier alpha value is -2.62. The van der Waals surface area contributed by atoms with Crippen LogP contribution in [-0.2, 0) is 5.41 Å². The number of amides is 1. The van der Waals surface area contributed by atoms with Crippen molar-refractivity contribution in [2.24, 2.45) is 5.10 Å². The number of hydrogen-bond acceptors (Lipinski definition) is 3. The predicted molar refractivity (Wildman–Crippen MR) is 110 cm³/mol. The van der Waals surface area contributed by atoms with Gasteiger partial charge in [0.25, 0.3) is 5.91 Å². The fourth-order valence-corrected chi connectivity index (χ4v) is 2.71. The lowest BCUT2D eigenvalue weighted by molar-refractivity contribution is 0.0955. The van der Waals surface area contributed by atoms with E-state index in [4.69, 9.17) is 0 Å². The molecule has 0 spiro atoms. The van der Waals surface area contributed by atoms with Crippen molar-refractivity contribution in [2.75, 3.05) is 18.0 Å². The molecule has 1 amide bonds. The van der Waals surface area contributed by atoms with Gasteiger partial charge in [-0.25, -0.2) is 5.43 Å². The van der Waals surface area contributed by atoms with Crippen LogP contribution in [0.25, 0.3) is 0 Å². The van der Waals surface area contributed by atoms with E-state index in [0.717, 1.165) is 18.7 Å². The van der Waals surface area contributed by atoms with Crippen LogP contribution >= 0.6 is 0 Å². The van der Waals surface area contributed by atoms with Gasteiger partial charge < -0.3 is 4.90 Å². The molecular formula is C22H29N3O. The predicted octanol–water partition coefficient (Wildman–Crippen LogP) is 4.59. The molecule has 0 heterocycles. The highest BCUT2D eigenvalue weighted by atomic mass is 16.2. The molecule has 0 saturated heterocycles. The van der Waals surface area contributed by atoms with Crippen molar-refractivity contribution in [3.63, 3.8) is 0 Å². The second kappa shape index (κ2) is 8.65. The second-order valence-electron chi connectivity index (χ2n) is 7.29. The highest BCUT2D eigenvalue weighted by molar-refractivity contribution is 5.94. The van der Waals surface area contributed by atoms with Crippen molar-refractivity contribution in [3.8, 4) is 0 Å². The minimum Gasteiger partial charge on any atom is -0.372 e. The number of hydrazone groups is 1. The molecule has 0 aromatic heterocycles. The molecule has 0 saturated carbocycles. The molecule has 0 unspecified atom stereocenters. The molecule has 2 aromatic carbocycles. The van der Waals surface area contributed by atoms with Gasteiger partial charge in [0, 0.05) is 24.3 Å². The Bertz CT molecular complexity index is 736. The molecule has 0 fully saturated rings. The van der Waals surface area contributed by atoms with E-state index in [1.54, 1.807) is 6.21 Å². The molecule has 138 valence electrons. The lowest BCUT2D eigenvalue weighted by atomic mass is 9.87. The molecule has 0 aliphatic rings. The minimum atomic E-state index is -0.207. The van der Waals surface area contributed by atoms with Crippen LogP contribution in [0.3, 0.4) is 0 Å². The van der Waals surface area contributed by atoms with Crippen molar-refractivity contribution in [2.45, 2.75) is 40.0 Å². The van der Waals surface area contributed by atoms with Crippen LogP contribution in [-0.4, -0.2) is 25.2 Å². The Kier molecular flexibility index (Phi) is 6.56. The summed E-state index contributed by atoms with van der Waals surface area (Å²) in [6.07, 6.45) is 1.66. The van der Waals surface area contributed by atoms with Crippen LogP contribution in [0.4, 0.5) is 5.69 Å². The summed E-state index contributed by atoms with van der Waals surface area (Å²) in [4.78, 5) is 14.5. The molecule has 4 heteroatoms. The van der Waals surface area contributed by atoms with E-state index < -0.39 is 0 Å².